The second-order valence-electron chi connectivity index (χ2n) is 4.12. The Labute approximate surface area is 98.8 Å². The van der Waals surface area contributed by atoms with Crippen molar-refractivity contribution in [1.29, 1.82) is 0 Å². The minimum Gasteiger partial charge on any atom is -0.480 e. The Morgan fingerprint density at radius 1 is 1.29 bits per heavy atom. The van der Waals surface area contributed by atoms with Gasteiger partial charge in [0.2, 0.25) is 0 Å². The minimum atomic E-state index is -0.939. The fourth-order valence-electron chi connectivity index (χ4n) is 2.06. The lowest BCUT2D eigenvalue weighted by Crippen LogP contribution is -2.40. The van der Waals surface area contributed by atoms with E-state index >= 15 is 0 Å². The van der Waals surface area contributed by atoms with Crippen LogP contribution in [0, 0.1) is 0 Å². The SMILES string of the molecule is Nc1ccc(C(=O)N2CCCC2C(=O)O)cc1. The van der Waals surface area contributed by atoms with Crippen molar-refractivity contribution in [2.24, 2.45) is 0 Å². The molecule has 0 spiro atoms. The van der Waals surface area contributed by atoms with E-state index in [9.17, 15) is 9.59 Å². The molecule has 2 rings (SSSR count). The van der Waals surface area contributed by atoms with Gasteiger partial charge in [-0.2, -0.15) is 0 Å². The van der Waals surface area contributed by atoms with E-state index in [2.05, 4.69) is 0 Å². The Kier molecular flexibility index (Phi) is 2.99. The van der Waals surface area contributed by atoms with E-state index < -0.39 is 12.0 Å². The normalized spacial score (nSPS) is 19.3. The highest BCUT2D eigenvalue weighted by molar-refractivity contribution is 5.97. The quantitative estimate of drug-likeness (QED) is 0.746. The first-order chi connectivity index (χ1) is 8.09. The van der Waals surface area contributed by atoms with Gasteiger partial charge < -0.3 is 15.7 Å². The molecule has 3 N–H and O–H groups in total. The predicted octanol–water partition coefficient (Wildman–Crippen LogP) is 0.958. The van der Waals surface area contributed by atoms with Crippen LogP contribution >= 0.6 is 0 Å². The van der Waals surface area contributed by atoms with Crippen LogP contribution in [0.15, 0.2) is 24.3 Å². The number of hydrogen-bond donors (Lipinski definition) is 2. The highest BCUT2D eigenvalue weighted by Crippen LogP contribution is 2.20. The van der Waals surface area contributed by atoms with Gasteiger partial charge in [-0.3, -0.25) is 4.79 Å². The molecule has 1 amide bonds. The van der Waals surface area contributed by atoms with Crippen molar-refractivity contribution in [3.8, 4) is 0 Å². The topological polar surface area (TPSA) is 83.6 Å². The Morgan fingerprint density at radius 2 is 1.94 bits per heavy atom. The fraction of sp³-hybridized carbons (Fsp3) is 0.333. The smallest absolute Gasteiger partial charge is 0.326 e. The third kappa shape index (κ3) is 2.22. The molecule has 5 heteroatoms. The summed E-state index contributed by atoms with van der Waals surface area (Å²) in [6, 6.07) is 5.82. The van der Waals surface area contributed by atoms with Gasteiger partial charge in [0.05, 0.1) is 0 Å². The monoisotopic (exact) mass is 234 g/mol. The minimum absolute atomic E-state index is 0.241. The lowest BCUT2D eigenvalue weighted by Gasteiger charge is -2.21. The number of carbonyl (C=O) groups excluding carboxylic acids is 1. The Hall–Kier alpha value is -2.04. The van der Waals surface area contributed by atoms with Gasteiger partial charge in [0.25, 0.3) is 5.91 Å². The van der Waals surface area contributed by atoms with Gasteiger partial charge in [-0.05, 0) is 37.1 Å². The molecule has 0 bridgehead atoms. The number of carboxylic acids is 1. The molecule has 90 valence electrons. The third-order valence-electron chi connectivity index (χ3n) is 2.96. The number of hydrogen-bond acceptors (Lipinski definition) is 3. The number of amides is 1. The number of likely N-dealkylation sites (tertiary alicyclic amines) is 1. The van der Waals surface area contributed by atoms with Crippen molar-refractivity contribution in [2.75, 3.05) is 12.3 Å². The number of benzene rings is 1. The van der Waals surface area contributed by atoms with E-state index in [-0.39, 0.29) is 5.91 Å². The van der Waals surface area contributed by atoms with E-state index in [0.29, 0.717) is 24.2 Å². The molecular formula is C12H14N2O3. The lowest BCUT2D eigenvalue weighted by molar-refractivity contribution is -0.141. The largest absolute Gasteiger partial charge is 0.480 e. The van der Waals surface area contributed by atoms with E-state index in [1.54, 1.807) is 24.3 Å². The molecule has 1 aromatic carbocycles. The molecule has 0 saturated carbocycles. The first-order valence-electron chi connectivity index (χ1n) is 5.49. The van der Waals surface area contributed by atoms with Crippen LogP contribution in [0.5, 0.6) is 0 Å². The maximum atomic E-state index is 12.1. The van der Waals surface area contributed by atoms with Crippen LogP contribution < -0.4 is 5.73 Å². The Morgan fingerprint density at radius 3 is 2.53 bits per heavy atom. The van der Waals surface area contributed by atoms with Gasteiger partial charge in [-0.1, -0.05) is 0 Å². The van der Waals surface area contributed by atoms with Gasteiger partial charge in [0.1, 0.15) is 6.04 Å². The van der Waals surface area contributed by atoms with E-state index in [1.165, 1.54) is 4.90 Å². The number of anilines is 1. The summed E-state index contributed by atoms with van der Waals surface area (Å²) in [6.07, 6.45) is 1.26. The zero-order valence-corrected chi connectivity index (χ0v) is 9.30. The van der Waals surface area contributed by atoms with Gasteiger partial charge >= 0.3 is 5.97 Å². The molecule has 1 fully saturated rings. The Bertz CT molecular complexity index is 442. The molecule has 1 aromatic rings. The summed E-state index contributed by atoms with van der Waals surface area (Å²) < 4.78 is 0. The van der Waals surface area contributed by atoms with E-state index in [0.717, 1.165) is 6.42 Å². The van der Waals surface area contributed by atoms with Crippen LogP contribution in [0.4, 0.5) is 5.69 Å². The second-order valence-corrected chi connectivity index (χ2v) is 4.12. The van der Waals surface area contributed by atoms with Crippen LogP contribution in [-0.4, -0.2) is 34.5 Å². The second kappa shape index (κ2) is 4.45. The molecule has 1 unspecified atom stereocenters. The zero-order chi connectivity index (χ0) is 12.4. The third-order valence-corrected chi connectivity index (χ3v) is 2.96. The lowest BCUT2D eigenvalue weighted by atomic mass is 10.1. The molecule has 17 heavy (non-hydrogen) atoms. The standard InChI is InChI=1S/C12H14N2O3/c13-9-5-3-8(4-6-9)11(15)14-7-1-2-10(14)12(16)17/h3-6,10H,1-2,7,13H2,(H,16,17). The van der Waals surface area contributed by atoms with Crippen molar-refractivity contribution in [3.63, 3.8) is 0 Å². The molecule has 0 aromatic heterocycles. The van der Waals surface area contributed by atoms with Gasteiger partial charge in [-0.15, -0.1) is 0 Å². The van der Waals surface area contributed by atoms with Crippen molar-refractivity contribution >= 4 is 17.6 Å². The number of rotatable bonds is 2. The summed E-state index contributed by atoms with van der Waals surface area (Å²) >= 11 is 0. The molecule has 0 aliphatic carbocycles. The van der Waals surface area contributed by atoms with Crippen LogP contribution in [0.25, 0.3) is 0 Å². The summed E-state index contributed by atoms with van der Waals surface area (Å²) in [5.74, 6) is -1.18. The maximum Gasteiger partial charge on any atom is 0.326 e. The van der Waals surface area contributed by atoms with Crippen LogP contribution in [0.2, 0.25) is 0 Å². The first-order valence-corrected chi connectivity index (χ1v) is 5.49. The molecule has 1 saturated heterocycles. The Balaban J connectivity index is 2.19. The molecule has 1 atom stereocenters. The van der Waals surface area contributed by atoms with E-state index in [1.807, 2.05) is 0 Å². The fourth-order valence-corrected chi connectivity index (χ4v) is 2.06. The summed E-state index contributed by atoms with van der Waals surface area (Å²) in [5.41, 5.74) is 6.60. The number of nitrogen functional groups attached to an aromatic ring is 1. The van der Waals surface area contributed by atoms with Crippen LogP contribution in [0.1, 0.15) is 23.2 Å². The number of nitrogens with zero attached hydrogens (tertiary/aromatic N) is 1. The zero-order valence-electron chi connectivity index (χ0n) is 9.30. The van der Waals surface area contributed by atoms with Crippen molar-refractivity contribution < 1.29 is 14.7 Å². The summed E-state index contributed by atoms with van der Waals surface area (Å²) in [6.45, 7) is 0.500. The van der Waals surface area contributed by atoms with Crippen molar-refractivity contribution in [1.82, 2.24) is 4.90 Å². The first kappa shape index (κ1) is 11.4. The summed E-state index contributed by atoms with van der Waals surface area (Å²) in [5, 5.41) is 9.01. The van der Waals surface area contributed by atoms with Crippen LogP contribution in [0.3, 0.4) is 0 Å². The highest BCUT2D eigenvalue weighted by atomic mass is 16.4. The average molecular weight is 234 g/mol. The van der Waals surface area contributed by atoms with Crippen molar-refractivity contribution in [3.05, 3.63) is 29.8 Å². The molecule has 0 radical (unpaired) electrons. The van der Waals surface area contributed by atoms with Crippen LogP contribution in [-0.2, 0) is 4.79 Å². The predicted molar refractivity (Wildman–Crippen MR) is 62.5 cm³/mol. The molecule has 1 aliphatic rings. The molecule has 1 heterocycles. The summed E-state index contributed by atoms with van der Waals surface area (Å²) in [4.78, 5) is 24.5. The maximum absolute atomic E-state index is 12.1. The number of nitrogens with two attached hydrogens (primary N) is 1. The van der Waals surface area contributed by atoms with Gasteiger partial charge in [0.15, 0.2) is 0 Å². The molecule has 1 aliphatic heterocycles. The van der Waals surface area contributed by atoms with Gasteiger partial charge in [0, 0.05) is 17.8 Å². The molecule has 5 nitrogen and oxygen atoms in total. The number of carbonyl (C=O) groups is 2. The molecular weight excluding hydrogens is 220 g/mol. The van der Waals surface area contributed by atoms with Crippen molar-refractivity contribution in [2.45, 2.75) is 18.9 Å². The average Bonchev–Trinajstić information content (AvgIpc) is 2.78. The van der Waals surface area contributed by atoms with Gasteiger partial charge in [-0.25, -0.2) is 4.79 Å². The summed E-state index contributed by atoms with van der Waals surface area (Å²) in [7, 11) is 0. The highest BCUT2D eigenvalue weighted by Gasteiger charge is 2.34. The number of carboxylic acid groups (broad SMARTS) is 1. The number of aliphatic carboxylic acids is 1. The van der Waals surface area contributed by atoms with E-state index in [4.69, 9.17) is 10.8 Å².